The SMILES string of the molecule is CC[C@H](C)[C@@H]([C@@H](CC(=O)N1CCC[C@H]1[C@H](OC)[C@@H](C)C(=O)C[C@@H](Cc1ccccc1)C(=O)O)OC)N(C)C(=O)[C@@H](CC(=O)[C@H](C(C)C)N(C)C(=O)OCc1ccc(CC(=O)[C@H](C)NC(=O)[C@@H](CC(=O)C(CCC(=O)NCCOCCOCCCC(=O)CCN2C(=O)CC(SC[C@H](NC(=O)N[C@@H](CCC(=O)O)OC=O)C(=O)O)C2=O)NC(=O)CON)C(C)C)cc1)C(C)C. The monoisotopic (exact) mass is 1820 g/mol. The van der Waals surface area contributed by atoms with Crippen LogP contribution in [0, 0.1) is 47.3 Å². The van der Waals surface area contributed by atoms with Crippen LogP contribution in [0.2, 0.25) is 0 Å². The number of hydrogen-bond donors (Lipinski definition) is 9. The van der Waals surface area contributed by atoms with Gasteiger partial charge in [0.05, 0.1) is 86.2 Å². The molecule has 0 aromatic heterocycles. The minimum Gasteiger partial charge on any atom is -0.481 e. The maximum atomic E-state index is 14.9. The second-order valence-electron chi connectivity index (χ2n) is 33.6. The lowest BCUT2D eigenvalue weighted by Gasteiger charge is -2.41. The number of ketones is 5. The number of aliphatic carboxylic acids is 3. The van der Waals surface area contributed by atoms with Crippen molar-refractivity contribution in [2.75, 3.05) is 86.7 Å². The number of nitrogens with zero attached hydrogens (tertiary/aromatic N) is 4. The number of urea groups is 1. The molecule has 2 saturated heterocycles. The average molecular weight is 1820 g/mol. The fourth-order valence-corrected chi connectivity index (χ4v) is 16.8. The second-order valence-corrected chi connectivity index (χ2v) is 34.8. The molecule has 10 N–H and O–H groups in total. The van der Waals surface area contributed by atoms with E-state index in [9.17, 15) is 96.5 Å². The summed E-state index contributed by atoms with van der Waals surface area (Å²) >= 11 is 0.804. The zero-order chi connectivity index (χ0) is 95.6. The lowest BCUT2D eigenvalue weighted by molar-refractivity contribution is -0.149. The van der Waals surface area contributed by atoms with Gasteiger partial charge in [-0.05, 0) is 79.4 Å². The van der Waals surface area contributed by atoms with E-state index in [4.69, 9.17) is 34.7 Å². The molecule has 15 atom stereocenters. The Morgan fingerprint density at radius 2 is 1.30 bits per heavy atom. The highest BCUT2D eigenvalue weighted by Gasteiger charge is 2.46. The lowest BCUT2D eigenvalue weighted by Crippen LogP contribution is -2.54. The largest absolute Gasteiger partial charge is 0.481 e. The number of carbonyl (C=O) groups is 18. The number of likely N-dealkylation sites (tertiary alicyclic amines) is 2. The Balaban J connectivity index is 1.21. The third kappa shape index (κ3) is 36.7. The summed E-state index contributed by atoms with van der Waals surface area (Å²) in [6.45, 7) is 17.7. The van der Waals surface area contributed by atoms with Crippen LogP contribution in [-0.2, 0) is 129 Å². The quantitative estimate of drug-likeness (QED) is 0.0135. The van der Waals surface area contributed by atoms with E-state index in [2.05, 4.69) is 36.2 Å². The minimum atomic E-state index is -1.56. The van der Waals surface area contributed by atoms with Gasteiger partial charge in [0.1, 0.15) is 30.8 Å². The van der Waals surface area contributed by atoms with Gasteiger partial charge in [-0.3, -0.25) is 81.7 Å². The van der Waals surface area contributed by atoms with E-state index in [1.54, 1.807) is 75.7 Å². The highest BCUT2D eigenvalue weighted by molar-refractivity contribution is 8.00. The second kappa shape index (κ2) is 57.0. The van der Waals surface area contributed by atoms with Crippen LogP contribution in [-0.4, -0.2) is 288 Å². The molecule has 0 bridgehead atoms. The molecule has 39 heteroatoms. The summed E-state index contributed by atoms with van der Waals surface area (Å²) in [6, 6.07) is 8.70. The zero-order valence-corrected chi connectivity index (χ0v) is 76.9. The van der Waals surface area contributed by atoms with Gasteiger partial charge in [-0.15, -0.1) is 11.8 Å². The number of methoxy groups -OCH3 is 2. The maximum absolute atomic E-state index is 14.9. The molecule has 0 spiro atoms. The van der Waals surface area contributed by atoms with E-state index in [0.29, 0.717) is 43.4 Å². The molecular formula is C89H134N10O28S. The van der Waals surface area contributed by atoms with Gasteiger partial charge in [0.2, 0.25) is 41.4 Å². The van der Waals surface area contributed by atoms with Crippen molar-refractivity contribution >= 4 is 119 Å². The van der Waals surface area contributed by atoms with E-state index < -0.39 is 174 Å². The van der Waals surface area contributed by atoms with Gasteiger partial charge >= 0.3 is 30.0 Å². The number of carboxylic acid groups (broad SMARTS) is 3. The van der Waals surface area contributed by atoms with Gasteiger partial charge in [-0.2, -0.15) is 0 Å². The van der Waals surface area contributed by atoms with Crippen LogP contribution in [0.25, 0.3) is 0 Å². The van der Waals surface area contributed by atoms with E-state index in [1.165, 1.54) is 33.1 Å². The average Bonchev–Trinajstić information content (AvgIpc) is 1.16. The van der Waals surface area contributed by atoms with Gasteiger partial charge in [-0.1, -0.05) is 123 Å². The summed E-state index contributed by atoms with van der Waals surface area (Å²) in [5.74, 6) is -9.44. The number of thioether (sulfide) groups is 1. The van der Waals surface area contributed by atoms with E-state index in [0.717, 1.165) is 22.2 Å². The normalized spacial score (nSPS) is 17.0. The molecule has 4 rings (SSSR count). The van der Waals surface area contributed by atoms with Gasteiger partial charge in [0, 0.05) is 136 Å². The molecule has 2 aromatic rings. The lowest BCUT2D eigenvalue weighted by atomic mass is 9.83. The number of imide groups is 1. The minimum absolute atomic E-state index is 0.0168. The molecule has 10 amide bonds. The Morgan fingerprint density at radius 3 is 1.90 bits per heavy atom. The molecule has 2 unspecified atom stereocenters. The molecule has 2 aliphatic heterocycles. The molecule has 0 aliphatic carbocycles. The molecule has 128 heavy (non-hydrogen) atoms. The number of amides is 10. The fraction of sp³-hybridized carbons (Fsp3) is 0.663. The van der Waals surface area contributed by atoms with Gasteiger partial charge in [-0.25, -0.2) is 20.3 Å². The van der Waals surface area contributed by atoms with E-state index in [1.807, 2.05) is 58.0 Å². The smallest absolute Gasteiger partial charge is 0.410 e. The highest BCUT2D eigenvalue weighted by Crippen LogP contribution is 2.34. The van der Waals surface area contributed by atoms with Crippen molar-refractivity contribution in [2.24, 2.45) is 53.2 Å². The van der Waals surface area contributed by atoms with Crippen molar-refractivity contribution in [2.45, 2.75) is 245 Å². The number of carbonyl (C=O) groups excluding carboxylic acids is 15. The Kier molecular flexibility index (Phi) is 49.0. The van der Waals surface area contributed by atoms with Crippen LogP contribution in [0.4, 0.5) is 9.59 Å². The molecule has 2 fully saturated rings. The molecule has 38 nitrogen and oxygen atoms in total. The van der Waals surface area contributed by atoms with E-state index in [-0.39, 0.29) is 182 Å². The number of Topliss-reactive ketones (excluding diaryl/α,β-unsaturated/α-hetero) is 5. The van der Waals surface area contributed by atoms with Crippen molar-refractivity contribution in [3.63, 3.8) is 0 Å². The molecule has 2 aromatic carbocycles. The topological polar surface area (TPSA) is 532 Å². The zero-order valence-electron chi connectivity index (χ0n) is 76.1. The molecular weight excluding hydrogens is 1690 g/mol. The molecule has 0 radical (unpaired) electrons. The molecule has 2 aliphatic rings. The Hall–Kier alpha value is -10.2. The Morgan fingerprint density at radius 1 is 0.656 bits per heavy atom. The fourth-order valence-electron chi connectivity index (χ4n) is 15.6. The number of hydrogen-bond acceptors (Lipinski definition) is 27. The first-order valence-electron chi connectivity index (χ1n) is 43.5. The summed E-state index contributed by atoms with van der Waals surface area (Å²) in [6.07, 6.45) is -3.97. The van der Waals surface area contributed by atoms with Crippen LogP contribution >= 0.6 is 11.8 Å². The third-order valence-corrected chi connectivity index (χ3v) is 24.4. The van der Waals surface area contributed by atoms with Crippen LogP contribution in [0.1, 0.15) is 182 Å². The number of nitrogens with two attached hydrogens (primary N) is 1. The van der Waals surface area contributed by atoms with Gasteiger partial charge in [0.25, 0.3) is 6.47 Å². The first kappa shape index (κ1) is 110. The van der Waals surface area contributed by atoms with E-state index >= 15 is 0 Å². The van der Waals surface area contributed by atoms with Crippen molar-refractivity contribution in [3.8, 4) is 0 Å². The first-order valence-corrected chi connectivity index (χ1v) is 44.6. The van der Waals surface area contributed by atoms with Crippen molar-refractivity contribution < 1.29 is 135 Å². The molecule has 2 heterocycles. The summed E-state index contributed by atoms with van der Waals surface area (Å²) in [5, 5.41) is 39.8. The molecule has 0 saturated carbocycles. The van der Waals surface area contributed by atoms with Crippen LogP contribution in [0.5, 0.6) is 0 Å². The summed E-state index contributed by atoms with van der Waals surface area (Å²) in [7, 11) is 6.07. The number of benzene rings is 2. The summed E-state index contributed by atoms with van der Waals surface area (Å²) < 4.78 is 33.5. The predicted molar refractivity (Wildman–Crippen MR) is 466 cm³/mol. The van der Waals surface area contributed by atoms with Gasteiger partial charge < -0.3 is 85.0 Å². The van der Waals surface area contributed by atoms with Crippen molar-refractivity contribution in [3.05, 3.63) is 71.3 Å². The highest BCUT2D eigenvalue weighted by atomic mass is 32.2. The van der Waals surface area contributed by atoms with Crippen molar-refractivity contribution in [1.29, 1.82) is 0 Å². The predicted octanol–water partition coefficient (Wildman–Crippen LogP) is 5.20. The Bertz CT molecular complexity index is 4020. The number of likely N-dealkylation sites (N-methyl/N-ethyl adjacent to an activating group) is 2. The standard InChI is InChI=1S/C89H134N10O28S/c1-15-55(8)81(72(121-13)46-77(108)98-35-19-24-67(98)82(122-14)56(9)68(102)43-61(86(115)116)41-58-21-17-16-18-22-58)96(11)84(113)64(53(4)5)45-71(105)80(54(6)7)97(12)89(120)125-48-60-27-25-59(26-28-60)42-69(103)57(10)92-83(112)63(52(2)3)44-70(104)65(93-75(107)49-127-90)29-30-74(106)91-34-38-124-40-39-123-37-20-23-62(101)33-36-99-78(109)47-73(85(99)114)128-50-66(87(117)118)94-88(119)95-76(126-51-100)31-32-79(110)111/h16-18,21-22,25-28,51-57,61,63-67,72-73,76,80-82H,15,19-20,23-24,29-50,90H2,1-14H3,(H,91,106)(H,92,112)(H,93,107)(H,110,111)(H,115,116)(H,117,118)(H2,94,95,119)/t55-,56-,57-,61+,63-,64-,65?,66-,67-,72+,73?,76+,80-,81-,82+/m0/s1. The van der Waals surface area contributed by atoms with Crippen molar-refractivity contribution in [1.82, 2.24) is 46.2 Å². The third-order valence-electron chi connectivity index (χ3n) is 23.2. The first-order chi connectivity index (χ1) is 60.6. The summed E-state index contributed by atoms with van der Waals surface area (Å²) in [4.78, 5) is 246. The number of nitrogens with one attached hydrogen (secondary N) is 5. The van der Waals surface area contributed by atoms with Crippen LogP contribution in [0.15, 0.2) is 54.6 Å². The van der Waals surface area contributed by atoms with Gasteiger partial charge in [0.15, 0.2) is 23.6 Å². The maximum Gasteiger partial charge on any atom is 0.410 e. The number of carboxylic acids is 3. The van der Waals surface area contributed by atoms with Crippen LogP contribution in [0.3, 0.4) is 0 Å². The number of rotatable bonds is 64. The van der Waals surface area contributed by atoms with Crippen LogP contribution < -0.4 is 32.5 Å². The Labute approximate surface area is 752 Å². The number of ether oxygens (including phenoxy) is 6. The summed E-state index contributed by atoms with van der Waals surface area (Å²) in [5.41, 5.74) is 1.91. The molecule has 714 valence electrons.